The number of furan rings is 1. The minimum absolute atomic E-state index is 0.589. The zero-order valence-corrected chi connectivity index (χ0v) is 27.4. The topological polar surface area (TPSA) is 51.8 Å². The smallest absolute Gasteiger partial charge is 0.164 e. The fraction of sp³-hybridized carbons (Fsp3) is 0.0217. The molecular weight excluding hydrogens is 611 g/mol. The van der Waals surface area contributed by atoms with E-state index in [0.717, 1.165) is 55.3 Å². The summed E-state index contributed by atoms with van der Waals surface area (Å²) < 4.78 is 6.55. The van der Waals surface area contributed by atoms with Crippen LogP contribution in [0.25, 0.3) is 89.5 Å². The lowest BCUT2D eigenvalue weighted by atomic mass is 9.92. The molecule has 7 aromatic carbocycles. The highest BCUT2D eigenvalue weighted by atomic mass is 16.3. The van der Waals surface area contributed by atoms with Gasteiger partial charge in [0.15, 0.2) is 17.5 Å². The van der Waals surface area contributed by atoms with Crippen molar-refractivity contribution in [3.05, 3.63) is 175 Å². The highest BCUT2D eigenvalue weighted by Gasteiger charge is 2.18. The zero-order valence-electron chi connectivity index (χ0n) is 27.4. The van der Waals surface area contributed by atoms with Crippen LogP contribution in [0.15, 0.2) is 174 Å². The number of rotatable bonds is 6. The standard InChI is InChI=1S/C46H31N3O/c1-30-22-24-31(25-23-30)34-16-10-17-35(28-34)45-47-44(33-14-6-3-7-15-33)48-46(49-45)36-26-27-40-42(29-36)50-41-21-11-20-39(43(40)41)38-19-9-8-18-37(38)32-12-4-2-5-13-32/h2-29H,1H3. The molecule has 236 valence electrons. The molecule has 0 saturated heterocycles. The second-order valence-electron chi connectivity index (χ2n) is 12.5. The predicted octanol–water partition coefficient (Wildman–Crippen LogP) is 12.1. The highest BCUT2D eigenvalue weighted by molar-refractivity contribution is 6.14. The lowest BCUT2D eigenvalue weighted by Gasteiger charge is -2.11. The second-order valence-corrected chi connectivity index (χ2v) is 12.5. The number of aromatic nitrogens is 3. The van der Waals surface area contributed by atoms with Gasteiger partial charge >= 0.3 is 0 Å². The normalized spacial score (nSPS) is 11.3. The second kappa shape index (κ2) is 12.4. The van der Waals surface area contributed by atoms with Gasteiger partial charge in [0.2, 0.25) is 0 Å². The van der Waals surface area contributed by atoms with Crippen LogP contribution in [0.4, 0.5) is 0 Å². The fourth-order valence-corrected chi connectivity index (χ4v) is 6.71. The van der Waals surface area contributed by atoms with E-state index in [0.29, 0.717) is 17.5 Å². The zero-order chi connectivity index (χ0) is 33.4. The van der Waals surface area contributed by atoms with Gasteiger partial charge in [0, 0.05) is 27.5 Å². The third kappa shape index (κ3) is 5.43. The maximum absolute atomic E-state index is 6.55. The highest BCUT2D eigenvalue weighted by Crippen LogP contribution is 2.41. The minimum Gasteiger partial charge on any atom is -0.456 e. The van der Waals surface area contributed by atoms with E-state index in [2.05, 4.69) is 140 Å². The molecule has 0 aliphatic rings. The lowest BCUT2D eigenvalue weighted by molar-refractivity contribution is 0.669. The van der Waals surface area contributed by atoms with Crippen molar-refractivity contribution in [3.63, 3.8) is 0 Å². The number of aryl methyl sites for hydroxylation is 1. The van der Waals surface area contributed by atoms with Crippen LogP contribution < -0.4 is 0 Å². The number of nitrogens with zero attached hydrogens (tertiary/aromatic N) is 3. The molecule has 50 heavy (non-hydrogen) atoms. The van der Waals surface area contributed by atoms with Gasteiger partial charge in [-0.15, -0.1) is 0 Å². The van der Waals surface area contributed by atoms with E-state index >= 15 is 0 Å². The molecule has 0 fully saturated rings. The van der Waals surface area contributed by atoms with Crippen LogP contribution in [-0.2, 0) is 0 Å². The van der Waals surface area contributed by atoms with Crippen molar-refractivity contribution in [2.45, 2.75) is 6.92 Å². The molecule has 0 aliphatic carbocycles. The molecule has 4 nitrogen and oxygen atoms in total. The van der Waals surface area contributed by atoms with Gasteiger partial charge in [0.05, 0.1) is 0 Å². The molecule has 0 radical (unpaired) electrons. The van der Waals surface area contributed by atoms with Crippen molar-refractivity contribution in [1.82, 2.24) is 15.0 Å². The van der Waals surface area contributed by atoms with Gasteiger partial charge in [-0.2, -0.15) is 0 Å². The number of hydrogen-bond acceptors (Lipinski definition) is 4. The maximum Gasteiger partial charge on any atom is 0.164 e. The first-order valence-electron chi connectivity index (χ1n) is 16.8. The minimum atomic E-state index is 0.589. The van der Waals surface area contributed by atoms with Gasteiger partial charge in [-0.05, 0) is 64.6 Å². The monoisotopic (exact) mass is 641 g/mol. The Balaban J connectivity index is 1.18. The molecule has 2 aromatic heterocycles. The number of fused-ring (bicyclic) bond motifs is 3. The van der Waals surface area contributed by atoms with E-state index in [4.69, 9.17) is 19.4 Å². The van der Waals surface area contributed by atoms with Gasteiger partial charge < -0.3 is 4.42 Å². The van der Waals surface area contributed by atoms with Crippen LogP contribution in [0.2, 0.25) is 0 Å². The average molecular weight is 642 g/mol. The van der Waals surface area contributed by atoms with Crippen LogP contribution in [-0.4, -0.2) is 15.0 Å². The molecule has 4 heteroatoms. The van der Waals surface area contributed by atoms with Gasteiger partial charge in [-0.3, -0.25) is 0 Å². The van der Waals surface area contributed by atoms with E-state index in [9.17, 15) is 0 Å². The molecule has 0 N–H and O–H groups in total. The predicted molar refractivity (Wildman–Crippen MR) is 204 cm³/mol. The van der Waals surface area contributed by atoms with Crippen LogP contribution in [0, 0.1) is 6.92 Å². The van der Waals surface area contributed by atoms with Crippen molar-refractivity contribution >= 4 is 21.9 Å². The third-order valence-corrected chi connectivity index (χ3v) is 9.23. The Labute approximate surface area is 290 Å². The summed E-state index contributed by atoms with van der Waals surface area (Å²) in [6.07, 6.45) is 0. The van der Waals surface area contributed by atoms with Crippen molar-refractivity contribution in [2.24, 2.45) is 0 Å². The molecule has 2 heterocycles. The molecule has 0 atom stereocenters. The van der Waals surface area contributed by atoms with E-state index in [-0.39, 0.29) is 0 Å². The number of hydrogen-bond donors (Lipinski definition) is 0. The Morgan fingerprint density at radius 3 is 1.64 bits per heavy atom. The lowest BCUT2D eigenvalue weighted by Crippen LogP contribution is -2.00. The first-order valence-corrected chi connectivity index (χ1v) is 16.8. The summed E-state index contributed by atoms with van der Waals surface area (Å²) in [5, 5.41) is 2.14. The van der Waals surface area contributed by atoms with Crippen molar-refractivity contribution in [1.29, 1.82) is 0 Å². The van der Waals surface area contributed by atoms with Crippen LogP contribution in [0.5, 0.6) is 0 Å². The van der Waals surface area contributed by atoms with E-state index in [1.54, 1.807) is 0 Å². The summed E-state index contributed by atoms with van der Waals surface area (Å²) in [6, 6.07) is 58.7. The first kappa shape index (κ1) is 29.5. The Morgan fingerprint density at radius 1 is 0.360 bits per heavy atom. The molecule has 0 bridgehead atoms. The average Bonchev–Trinajstić information content (AvgIpc) is 3.57. The molecule has 0 saturated carbocycles. The van der Waals surface area contributed by atoms with Gasteiger partial charge in [-0.1, -0.05) is 151 Å². The number of benzene rings is 7. The summed E-state index contributed by atoms with van der Waals surface area (Å²) in [5.74, 6) is 1.83. The van der Waals surface area contributed by atoms with Crippen LogP contribution in [0.1, 0.15) is 5.56 Å². The van der Waals surface area contributed by atoms with Crippen molar-refractivity contribution in [2.75, 3.05) is 0 Å². The SMILES string of the molecule is Cc1ccc(-c2cccc(-c3nc(-c4ccccc4)nc(-c4ccc5c(c4)oc4cccc(-c6ccccc6-c6ccccc6)c45)n3)c2)cc1. The summed E-state index contributed by atoms with van der Waals surface area (Å²) in [5.41, 5.74) is 12.5. The molecule has 0 amide bonds. The molecular formula is C46H31N3O. The van der Waals surface area contributed by atoms with E-state index in [1.807, 2.05) is 36.4 Å². The first-order chi connectivity index (χ1) is 24.7. The largest absolute Gasteiger partial charge is 0.456 e. The Hall–Kier alpha value is -6.65. The van der Waals surface area contributed by atoms with Crippen molar-refractivity contribution < 1.29 is 4.42 Å². The van der Waals surface area contributed by atoms with Gasteiger partial charge in [0.1, 0.15) is 11.2 Å². The van der Waals surface area contributed by atoms with Crippen LogP contribution >= 0.6 is 0 Å². The molecule has 9 rings (SSSR count). The summed E-state index contributed by atoms with van der Waals surface area (Å²) in [6.45, 7) is 2.10. The summed E-state index contributed by atoms with van der Waals surface area (Å²) >= 11 is 0. The van der Waals surface area contributed by atoms with Gasteiger partial charge in [-0.25, -0.2) is 15.0 Å². The molecule has 0 aliphatic heterocycles. The maximum atomic E-state index is 6.55. The Bertz CT molecular complexity index is 2640. The molecule has 9 aromatic rings. The third-order valence-electron chi connectivity index (χ3n) is 9.23. The van der Waals surface area contributed by atoms with E-state index < -0.39 is 0 Å². The van der Waals surface area contributed by atoms with E-state index in [1.165, 1.54) is 22.3 Å². The quantitative estimate of drug-likeness (QED) is 0.181. The fourth-order valence-electron chi connectivity index (χ4n) is 6.71. The van der Waals surface area contributed by atoms with Crippen molar-refractivity contribution in [3.8, 4) is 67.5 Å². The molecule has 0 spiro atoms. The Kier molecular flexibility index (Phi) is 7.33. The van der Waals surface area contributed by atoms with Crippen LogP contribution in [0.3, 0.4) is 0 Å². The summed E-state index contributed by atoms with van der Waals surface area (Å²) in [4.78, 5) is 15.0. The summed E-state index contributed by atoms with van der Waals surface area (Å²) in [7, 11) is 0. The Morgan fingerprint density at radius 2 is 0.900 bits per heavy atom. The van der Waals surface area contributed by atoms with Gasteiger partial charge in [0.25, 0.3) is 0 Å². The molecule has 0 unspecified atom stereocenters.